The molecule has 0 saturated carbocycles. The van der Waals surface area contributed by atoms with Crippen LogP contribution in [0.4, 0.5) is 5.82 Å². The van der Waals surface area contributed by atoms with Crippen molar-refractivity contribution in [3.63, 3.8) is 0 Å². The first kappa shape index (κ1) is 16.5. The van der Waals surface area contributed by atoms with Gasteiger partial charge in [0.1, 0.15) is 10.7 Å². The Hall–Kier alpha value is -0.890. The minimum Gasteiger partial charge on any atom is -0.377 e. The van der Waals surface area contributed by atoms with Gasteiger partial charge >= 0.3 is 0 Å². The molecule has 2 rings (SSSR count). The van der Waals surface area contributed by atoms with Gasteiger partial charge in [0, 0.05) is 25.9 Å². The maximum atomic E-state index is 12.2. The molecular weight excluding hydrogens is 314 g/mol. The normalized spacial score (nSPS) is 18.9. The molecule has 1 saturated heterocycles. The molecule has 2 N–H and O–H groups in total. The third-order valence-corrected chi connectivity index (χ3v) is 4.87. The van der Waals surface area contributed by atoms with Crippen LogP contribution in [0.25, 0.3) is 0 Å². The van der Waals surface area contributed by atoms with Gasteiger partial charge in [-0.15, -0.1) is 0 Å². The van der Waals surface area contributed by atoms with Crippen LogP contribution in [0.2, 0.25) is 5.02 Å². The van der Waals surface area contributed by atoms with Gasteiger partial charge in [0.05, 0.1) is 11.1 Å². The van der Waals surface area contributed by atoms with E-state index in [1.165, 1.54) is 12.3 Å². The average Bonchev–Trinajstić information content (AvgIpc) is 2.97. The summed E-state index contributed by atoms with van der Waals surface area (Å²) in [7, 11) is -3.61. The zero-order valence-electron chi connectivity index (χ0n) is 11.9. The Bertz CT molecular complexity index is 574. The molecule has 1 atom stereocenters. The summed E-state index contributed by atoms with van der Waals surface area (Å²) in [6.45, 7) is 3.72. The number of anilines is 1. The molecule has 21 heavy (non-hydrogen) atoms. The minimum atomic E-state index is -3.61. The molecule has 0 bridgehead atoms. The van der Waals surface area contributed by atoms with Crippen molar-refractivity contribution in [1.29, 1.82) is 0 Å². The number of nitrogens with zero attached hydrogens (tertiary/aromatic N) is 1. The molecule has 1 unspecified atom stereocenters. The van der Waals surface area contributed by atoms with E-state index < -0.39 is 10.0 Å². The van der Waals surface area contributed by atoms with Gasteiger partial charge in [-0.05, 0) is 25.3 Å². The highest BCUT2D eigenvalue weighted by atomic mass is 35.5. The Morgan fingerprint density at radius 2 is 2.33 bits per heavy atom. The zero-order chi connectivity index (χ0) is 15.3. The van der Waals surface area contributed by atoms with Crippen molar-refractivity contribution in [3.05, 3.63) is 17.3 Å². The van der Waals surface area contributed by atoms with Crippen LogP contribution >= 0.6 is 11.6 Å². The molecule has 1 fully saturated rings. The lowest BCUT2D eigenvalue weighted by Crippen LogP contribution is -2.31. The Kier molecular flexibility index (Phi) is 5.80. The van der Waals surface area contributed by atoms with Crippen LogP contribution in [0.1, 0.15) is 26.2 Å². The third-order valence-electron chi connectivity index (χ3n) is 3.19. The van der Waals surface area contributed by atoms with Crippen molar-refractivity contribution >= 4 is 27.4 Å². The molecule has 8 heteroatoms. The molecule has 0 spiro atoms. The van der Waals surface area contributed by atoms with Gasteiger partial charge in [0.15, 0.2) is 0 Å². The van der Waals surface area contributed by atoms with Crippen LogP contribution in [0.15, 0.2) is 17.2 Å². The fraction of sp³-hybridized carbons (Fsp3) is 0.615. The lowest BCUT2D eigenvalue weighted by Gasteiger charge is -2.12. The number of hydrogen-bond donors (Lipinski definition) is 2. The number of hydrogen-bond acceptors (Lipinski definition) is 5. The Balaban J connectivity index is 2.03. The second-order valence-electron chi connectivity index (χ2n) is 4.92. The summed E-state index contributed by atoms with van der Waals surface area (Å²) in [6.07, 6.45) is 4.04. The zero-order valence-corrected chi connectivity index (χ0v) is 13.5. The molecule has 1 aromatic heterocycles. The highest BCUT2D eigenvalue weighted by Gasteiger charge is 2.21. The van der Waals surface area contributed by atoms with Gasteiger partial charge < -0.3 is 10.1 Å². The van der Waals surface area contributed by atoms with Crippen molar-refractivity contribution in [2.24, 2.45) is 0 Å². The second kappa shape index (κ2) is 7.40. The number of rotatable bonds is 7. The van der Waals surface area contributed by atoms with Crippen LogP contribution in [0.3, 0.4) is 0 Å². The third kappa shape index (κ3) is 4.54. The SMILES string of the molecule is CCCNc1ncc(S(=O)(=O)NCC2CCCO2)cc1Cl. The predicted molar refractivity (Wildman–Crippen MR) is 82.2 cm³/mol. The largest absolute Gasteiger partial charge is 0.377 e. The predicted octanol–water partition coefficient (Wildman–Crippen LogP) is 2.01. The lowest BCUT2D eigenvalue weighted by molar-refractivity contribution is 0.114. The fourth-order valence-corrected chi connectivity index (χ4v) is 3.37. The van der Waals surface area contributed by atoms with E-state index >= 15 is 0 Å². The van der Waals surface area contributed by atoms with Gasteiger partial charge in [-0.2, -0.15) is 0 Å². The van der Waals surface area contributed by atoms with E-state index in [1.54, 1.807) is 0 Å². The van der Waals surface area contributed by atoms with Crippen LogP contribution in [0.5, 0.6) is 0 Å². The molecule has 0 aliphatic carbocycles. The highest BCUT2D eigenvalue weighted by Crippen LogP contribution is 2.22. The van der Waals surface area contributed by atoms with Gasteiger partial charge in [-0.1, -0.05) is 18.5 Å². The molecule has 118 valence electrons. The molecule has 1 aliphatic heterocycles. The van der Waals surface area contributed by atoms with E-state index in [4.69, 9.17) is 16.3 Å². The van der Waals surface area contributed by atoms with E-state index in [-0.39, 0.29) is 17.5 Å². The van der Waals surface area contributed by atoms with Crippen molar-refractivity contribution in [3.8, 4) is 0 Å². The Morgan fingerprint density at radius 1 is 1.52 bits per heavy atom. The molecular formula is C13H20ClN3O3S. The summed E-state index contributed by atoms with van der Waals surface area (Å²) in [4.78, 5) is 4.13. The number of aromatic nitrogens is 1. The smallest absolute Gasteiger partial charge is 0.242 e. The van der Waals surface area contributed by atoms with E-state index in [9.17, 15) is 8.42 Å². The monoisotopic (exact) mass is 333 g/mol. The maximum Gasteiger partial charge on any atom is 0.242 e. The Morgan fingerprint density at radius 3 is 2.95 bits per heavy atom. The van der Waals surface area contributed by atoms with Crippen molar-refractivity contribution in [1.82, 2.24) is 9.71 Å². The first-order chi connectivity index (χ1) is 10.0. The van der Waals surface area contributed by atoms with E-state index in [0.29, 0.717) is 17.4 Å². The van der Waals surface area contributed by atoms with Crippen molar-refractivity contribution < 1.29 is 13.2 Å². The summed E-state index contributed by atoms with van der Waals surface area (Å²) in [5.74, 6) is 0.497. The summed E-state index contributed by atoms with van der Waals surface area (Å²) in [5, 5.41) is 3.33. The van der Waals surface area contributed by atoms with Gasteiger partial charge in [0.2, 0.25) is 10.0 Å². The van der Waals surface area contributed by atoms with Gasteiger partial charge in [0.25, 0.3) is 0 Å². The van der Waals surface area contributed by atoms with Crippen LogP contribution in [-0.2, 0) is 14.8 Å². The van der Waals surface area contributed by atoms with Crippen molar-refractivity contribution in [2.75, 3.05) is 25.0 Å². The highest BCUT2D eigenvalue weighted by molar-refractivity contribution is 7.89. The van der Waals surface area contributed by atoms with Gasteiger partial charge in [-0.3, -0.25) is 0 Å². The molecule has 1 aromatic rings. The molecule has 0 amide bonds. The number of ether oxygens (including phenoxy) is 1. The fourth-order valence-electron chi connectivity index (χ4n) is 2.03. The van der Waals surface area contributed by atoms with Crippen LogP contribution < -0.4 is 10.0 Å². The topological polar surface area (TPSA) is 80.3 Å². The summed E-state index contributed by atoms with van der Waals surface area (Å²) in [6, 6.07) is 1.41. The summed E-state index contributed by atoms with van der Waals surface area (Å²) < 4.78 is 32.3. The minimum absolute atomic E-state index is 0.0475. The number of halogens is 1. The van der Waals surface area contributed by atoms with Crippen LogP contribution in [0, 0.1) is 0 Å². The average molecular weight is 334 g/mol. The molecule has 2 heterocycles. The molecule has 0 aromatic carbocycles. The maximum absolute atomic E-state index is 12.2. The number of sulfonamides is 1. The first-order valence-electron chi connectivity index (χ1n) is 7.03. The van der Waals surface area contributed by atoms with Gasteiger partial charge in [-0.25, -0.2) is 18.1 Å². The first-order valence-corrected chi connectivity index (χ1v) is 8.89. The lowest BCUT2D eigenvalue weighted by atomic mass is 10.2. The Labute approximate surface area is 130 Å². The second-order valence-corrected chi connectivity index (χ2v) is 7.09. The van der Waals surface area contributed by atoms with Crippen LogP contribution in [-0.4, -0.2) is 39.2 Å². The number of pyridine rings is 1. The number of nitrogens with one attached hydrogen (secondary N) is 2. The molecule has 6 nitrogen and oxygen atoms in total. The quantitative estimate of drug-likeness (QED) is 0.798. The van der Waals surface area contributed by atoms with E-state index in [0.717, 1.165) is 25.8 Å². The molecule has 1 aliphatic rings. The summed E-state index contributed by atoms with van der Waals surface area (Å²) in [5.41, 5.74) is 0. The standard InChI is InChI=1S/C13H20ClN3O3S/c1-2-5-15-13-12(14)7-11(9-16-13)21(18,19)17-8-10-4-3-6-20-10/h7,9-10,17H,2-6,8H2,1H3,(H,15,16). The summed E-state index contributed by atoms with van der Waals surface area (Å²) >= 11 is 6.06. The van der Waals surface area contributed by atoms with E-state index in [2.05, 4.69) is 15.0 Å². The molecule has 0 radical (unpaired) electrons. The van der Waals surface area contributed by atoms with E-state index in [1.807, 2.05) is 6.92 Å². The van der Waals surface area contributed by atoms with Crippen molar-refractivity contribution in [2.45, 2.75) is 37.2 Å².